The third kappa shape index (κ3) is 4.86. The minimum atomic E-state index is 0.371. The second kappa shape index (κ2) is 8.60. The van der Waals surface area contributed by atoms with Gasteiger partial charge in [0.1, 0.15) is 0 Å². The van der Waals surface area contributed by atoms with Crippen LogP contribution >= 0.6 is 0 Å². The molecule has 1 aliphatic carbocycles. The lowest BCUT2D eigenvalue weighted by atomic mass is 9.74. The van der Waals surface area contributed by atoms with Gasteiger partial charge in [0.2, 0.25) is 0 Å². The van der Waals surface area contributed by atoms with Crippen molar-refractivity contribution in [1.82, 2.24) is 5.32 Å². The first-order chi connectivity index (χ1) is 10.2. The molecule has 120 valence electrons. The maximum atomic E-state index is 6.42. The van der Waals surface area contributed by atoms with E-state index >= 15 is 0 Å². The molecule has 1 aliphatic rings. The normalized spacial score (nSPS) is 27.7. The minimum absolute atomic E-state index is 0.371. The molecular weight excluding hydrogens is 260 g/mol. The first kappa shape index (κ1) is 16.6. The third-order valence-corrected chi connectivity index (χ3v) is 4.97. The van der Waals surface area contributed by atoms with E-state index in [0.717, 1.165) is 25.3 Å². The first-order valence-electron chi connectivity index (χ1n) is 8.75. The summed E-state index contributed by atoms with van der Waals surface area (Å²) in [4.78, 5) is 0. The van der Waals surface area contributed by atoms with Crippen molar-refractivity contribution in [2.24, 2.45) is 17.6 Å². The molecule has 0 saturated heterocycles. The van der Waals surface area contributed by atoms with Crippen molar-refractivity contribution in [2.75, 3.05) is 6.54 Å². The molecule has 1 heterocycles. The highest BCUT2D eigenvalue weighted by Gasteiger charge is 2.30. The predicted octanol–water partition coefficient (Wildman–Crippen LogP) is 4.25. The summed E-state index contributed by atoms with van der Waals surface area (Å²) in [7, 11) is 0. The largest absolute Gasteiger partial charge is 0.472 e. The summed E-state index contributed by atoms with van der Waals surface area (Å²) in [6, 6.07) is 2.85. The predicted molar refractivity (Wildman–Crippen MR) is 88.1 cm³/mol. The molecule has 4 atom stereocenters. The van der Waals surface area contributed by atoms with E-state index in [1.54, 1.807) is 6.26 Å². The van der Waals surface area contributed by atoms with Gasteiger partial charge in [-0.3, -0.25) is 0 Å². The highest BCUT2D eigenvalue weighted by molar-refractivity contribution is 5.12. The van der Waals surface area contributed by atoms with Crippen molar-refractivity contribution in [3.8, 4) is 0 Å². The fourth-order valence-electron chi connectivity index (χ4n) is 3.76. The Bertz CT molecular complexity index is 377. The number of nitrogens with one attached hydrogen (secondary N) is 1. The molecule has 0 amide bonds. The number of rotatable bonds is 8. The molecule has 1 aromatic heterocycles. The maximum Gasteiger partial charge on any atom is 0.0950 e. The SMILES string of the molecule is CCCNC(CC1CC(CCC)CCC1N)c1ccoc1. The molecule has 3 nitrogen and oxygen atoms in total. The second-order valence-electron chi connectivity index (χ2n) is 6.69. The number of nitrogens with two attached hydrogens (primary N) is 1. The maximum absolute atomic E-state index is 6.42. The van der Waals surface area contributed by atoms with E-state index < -0.39 is 0 Å². The van der Waals surface area contributed by atoms with Gasteiger partial charge < -0.3 is 15.5 Å². The Kier molecular flexibility index (Phi) is 6.78. The Labute approximate surface area is 129 Å². The van der Waals surface area contributed by atoms with Gasteiger partial charge in [0.25, 0.3) is 0 Å². The molecular formula is C18H32N2O. The van der Waals surface area contributed by atoms with E-state index in [2.05, 4.69) is 25.2 Å². The Morgan fingerprint density at radius 2 is 2.19 bits per heavy atom. The lowest BCUT2D eigenvalue weighted by Gasteiger charge is -2.36. The lowest BCUT2D eigenvalue weighted by molar-refractivity contribution is 0.196. The van der Waals surface area contributed by atoms with Crippen LogP contribution < -0.4 is 11.1 Å². The van der Waals surface area contributed by atoms with Gasteiger partial charge in [-0.05, 0) is 56.6 Å². The van der Waals surface area contributed by atoms with E-state index in [-0.39, 0.29) is 0 Å². The van der Waals surface area contributed by atoms with Crippen LogP contribution in [0, 0.1) is 11.8 Å². The molecule has 2 rings (SSSR count). The van der Waals surface area contributed by atoms with Crippen LogP contribution in [0.25, 0.3) is 0 Å². The highest BCUT2D eigenvalue weighted by Crippen LogP contribution is 2.36. The van der Waals surface area contributed by atoms with Crippen molar-refractivity contribution in [3.05, 3.63) is 24.2 Å². The first-order valence-corrected chi connectivity index (χ1v) is 8.75. The number of hydrogen-bond acceptors (Lipinski definition) is 3. The Morgan fingerprint density at radius 1 is 1.33 bits per heavy atom. The van der Waals surface area contributed by atoms with Crippen LogP contribution in [0.2, 0.25) is 0 Å². The Hall–Kier alpha value is -0.800. The van der Waals surface area contributed by atoms with Crippen molar-refractivity contribution < 1.29 is 4.42 Å². The summed E-state index contributed by atoms with van der Waals surface area (Å²) in [6.45, 7) is 5.56. The van der Waals surface area contributed by atoms with E-state index in [9.17, 15) is 0 Å². The summed E-state index contributed by atoms with van der Waals surface area (Å²) >= 11 is 0. The summed E-state index contributed by atoms with van der Waals surface area (Å²) in [5.41, 5.74) is 7.69. The van der Waals surface area contributed by atoms with E-state index in [0.29, 0.717) is 18.0 Å². The average Bonchev–Trinajstić information content (AvgIpc) is 3.01. The standard InChI is InChI=1S/C18H32N2O/c1-3-5-14-6-7-17(19)16(11-14)12-18(20-9-4-2)15-8-10-21-13-15/h8,10,13-14,16-18,20H,3-7,9,11-12,19H2,1-2H3. The average molecular weight is 292 g/mol. The van der Waals surface area contributed by atoms with Crippen LogP contribution in [-0.4, -0.2) is 12.6 Å². The van der Waals surface area contributed by atoms with Gasteiger partial charge in [0.15, 0.2) is 0 Å². The lowest BCUT2D eigenvalue weighted by Crippen LogP contribution is -2.38. The van der Waals surface area contributed by atoms with Crippen LogP contribution in [0.4, 0.5) is 0 Å². The number of hydrogen-bond donors (Lipinski definition) is 2. The molecule has 0 radical (unpaired) electrons. The zero-order chi connectivity index (χ0) is 15.1. The van der Waals surface area contributed by atoms with Crippen molar-refractivity contribution >= 4 is 0 Å². The van der Waals surface area contributed by atoms with Gasteiger partial charge >= 0.3 is 0 Å². The summed E-state index contributed by atoms with van der Waals surface area (Å²) in [5.74, 6) is 1.52. The van der Waals surface area contributed by atoms with E-state index in [1.165, 1.54) is 37.7 Å². The molecule has 0 aromatic carbocycles. The van der Waals surface area contributed by atoms with Gasteiger partial charge in [0, 0.05) is 17.6 Å². The summed E-state index contributed by atoms with van der Waals surface area (Å²) < 4.78 is 5.28. The molecule has 3 N–H and O–H groups in total. The van der Waals surface area contributed by atoms with Gasteiger partial charge in [-0.25, -0.2) is 0 Å². The molecule has 4 unspecified atom stereocenters. The van der Waals surface area contributed by atoms with Gasteiger partial charge in [-0.1, -0.05) is 26.7 Å². The molecule has 1 aromatic rings. The van der Waals surface area contributed by atoms with Crippen LogP contribution in [0.5, 0.6) is 0 Å². The van der Waals surface area contributed by atoms with Gasteiger partial charge in [-0.15, -0.1) is 0 Å². The molecule has 0 spiro atoms. The molecule has 3 heteroatoms. The van der Waals surface area contributed by atoms with Gasteiger partial charge in [0.05, 0.1) is 12.5 Å². The highest BCUT2D eigenvalue weighted by atomic mass is 16.3. The topological polar surface area (TPSA) is 51.2 Å². The second-order valence-corrected chi connectivity index (χ2v) is 6.69. The minimum Gasteiger partial charge on any atom is -0.472 e. The molecule has 0 bridgehead atoms. The van der Waals surface area contributed by atoms with Crippen LogP contribution in [0.3, 0.4) is 0 Å². The van der Waals surface area contributed by atoms with Gasteiger partial charge in [-0.2, -0.15) is 0 Å². The Balaban J connectivity index is 1.97. The number of furan rings is 1. The van der Waals surface area contributed by atoms with Crippen LogP contribution in [0.15, 0.2) is 23.0 Å². The summed E-state index contributed by atoms with van der Waals surface area (Å²) in [6.07, 6.45) is 12.4. The zero-order valence-electron chi connectivity index (χ0n) is 13.7. The fourth-order valence-corrected chi connectivity index (χ4v) is 3.76. The Morgan fingerprint density at radius 3 is 2.86 bits per heavy atom. The van der Waals surface area contributed by atoms with E-state index in [1.807, 2.05) is 6.26 Å². The fraction of sp³-hybridized carbons (Fsp3) is 0.778. The molecule has 1 saturated carbocycles. The smallest absolute Gasteiger partial charge is 0.0950 e. The molecule has 1 fully saturated rings. The zero-order valence-corrected chi connectivity index (χ0v) is 13.7. The van der Waals surface area contributed by atoms with Crippen molar-refractivity contribution in [2.45, 2.75) is 70.9 Å². The monoisotopic (exact) mass is 292 g/mol. The third-order valence-electron chi connectivity index (χ3n) is 4.97. The van der Waals surface area contributed by atoms with E-state index in [4.69, 9.17) is 10.2 Å². The van der Waals surface area contributed by atoms with Crippen molar-refractivity contribution in [3.63, 3.8) is 0 Å². The molecule has 0 aliphatic heterocycles. The summed E-state index contributed by atoms with van der Waals surface area (Å²) in [5, 5.41) is 3.67. The van der Waals surface area contributed by atoms with Crippen LogP contribution in [0.1, 0.15) is 70.4 Å². The van der Waals surface area contributed by atoms with Crippen molar-refractivity contribution in [1.29, 1.82) is 0 Å². The van der Waals surface area contributed by atoms with Crippen LogP contribution in [-0.2, 0) is 0 Å². The molecule has 21 heavy (non-hydrogen) atoms. The quantitative estimate of drug-likeness (QED) is 0.753.